The van der Waals surface area contributed by atoms with Crippen LogP contribution in [0.4, 0.5) is 4.39 Å². The van der Waals surface area contributed by atoms with Gasteiger partial charge in [0.15, 0.2) is 0 Å². The largest absolute Gasteiger partial charge is 0.339 e. The van der Waals surface area contributed by atoms with Gasteiger partial charge in [-0.15, -0.1) is 0 Å². The summed E-state index contributed by atoms with van der Waals surface area (Å²) in [5, 5.41) is 0.724. The number of benzene rings is 2. The summed E-state index contributed by atoms with van der Waals surface area (Å²) in [6, 6.07) is 13.9. The van der Waals surface area contributed by atoms with E-state index in [1.165, 1.54) is 12.1 Å². The Balaban J connectivity index is 1.69. The molecule has 0 bridgehead atoms. The van der Waals surface area contributed by atoms with Crippen molar-refractivity contribution in [1.29, 1.82) is 0 Å². The van der Waals surface area contributed by atoms with E-state index in [0.29, 0.717) is 0 Å². The van der Waals surface area contributed by atoms with Gasteiger partial charge in [-0.1, -0.05) is 41.9 Å². The molecule has 1 saturated carbocycles. The molecule has 0 radical (unpaired) electrons. The van der Waals surface area contributed by atoms with Gasteiger partial charge in [0, 0.05) is 18.0 Å². The second-order valence-electron chi connectivity index (χ2n) is 6.15. The van der Waals surface area contributed by atoms with Gasteiger partial charge < -0.3 is 4.90 Å². The number of nitrogens with zero attached hydrogens (tertiary/aromatic N) is 1. The number of amides is 1. The van der Waals surface area contributed by atoms with Crippen LogP contribution in [0.25, 0.3) is 0 Å². The Bertz CT molecular complexity index is 716. The van der Waals surface area contributed by atoms with Gasteiger partial charge in [0.25, 0.3) is 0 Å². The molecule has 120 valence electrons. The summed E-state index contributed by atoms with van der Waals surface area (Å²) in [6.07, 6.45) is 0.836. The smallest absolute Gasteiger partial charge is 0.226 e. The highest BCUT2D eigenvalue weighted by atomic mass is 35.5. The summed E-state index contributed by atoms with van der Waals surface area (Å²) in [4.78, 5) is 14.4. The normalized spacial score (nSPS) is 20.9. The van der Waals surface area contributed by atoms with Crippen molar-refractivity contribution in [1.82, 2.24) is 4.90 Å². The van der Waals surface area contributed by atoms with Gasteiger partial charge in [-0.25, -0.2) is 4.39 Å². The maximum Gasteiger partial charge on any atom is 0.226 e. The molecule has 3 atom stereocenters. The lowest BCUT2D eigenvalue weighted by molar-refractivity contribution is -0.133. The lowest BCUT2D eigenvalue weighted by atomic mass is 10.1. The summed E-state index contributed by atoms with van der Waals surface area (Å²) < 4.78 is 13.0. The van der Waals surface area contributed by atoms with Crippen molar-refractivity contribution < 1.29 is 9.18 Å². The maximum absolute atomic E-state index is 13.0. The molecule has 0 N–H and O–H groups in total. The predicted molar refractivity (Wildman–Crippen MR) is 89.9 cm³/mol. The predicted octanol–water partition coefficient (Wildman–Crippen LogP) is 4.80. The van der Waals surface area contributed by atoms with Gasteiger partial charge in [-0.05, 0) is 48.6 Å². The SMILES string of the molecule is CC(c1ccc(F)cc1)N(C)C(=O)C1CC1c1ccccc1Cl. The molecule has 3 unspecified atom stereocenters. The standard InChI is InChI=1S/C19H19ClFNO/c1-12(13-7-9-14(21)10-8-13)22(2)19(23)17-11-16(17)15-5-3-4-6-18(15)20/h3-10,12,16-17H,11H2,1-2H3. The van der Waals surface area contributed by atoms with E-state index in [2.05, 4.69) is 0 Å². The summed E-state index contributed by atoms with van der Waals surface area (Å²) in [5.74, 6) is 0.0458. The first kappa shape index (κ1) is 16.0. The third-order valence-corrected chi connectivity index (χ3v) is 5.04. The molecule has 23 heavy (non-hydrogen) atoms. The number of hydrogen-bond donors (Lipinski definition) is 0. The van der Waals surface area contributed by atoms with E-state index < -0.39 is 0 Å². The fraction of sp³-hybridized carbons (Fsp3) is 0.316. The minimum absolute atomic E-state index is 0.0113. The minimum Gasteiger partial charge on any atom is -0.339 e. The quantitative estimate of drug-likeness (QED) is 0.788. The van der Waals surface area contributed by atoms with E-state index in [-0.39, 0.29) is 29.6 Å². The van der Waals surface area contributed by atoms with Gasteiger partial charge in [0.2, 0.25) is 5.91 Å². The van der Waals surface area contributed by atoms with Crippen molar-refractivity contribution >= 4 is 17.5 Å². The van der Waals surface area contributed by atoms with Gasteiger partial charge in [-0.3, -0.25) is 4.79 Å². The van der Waals surface area contributed by atoms with Crippen molar-refractivity contribution in [2.45, 2.75) is 25.3 Å². The third-order valence-electron chi connectivity index (χ3n) is 4.69. The highest BCUT2D eigenvalue weighted by Gasteiger charge is 2.46. The molecule has 0 spiro atoms. The molecule has 0 saturated heterocycles. The maximum atomic E-state index is 13.0. The first-order valence-electron chi connectivity index (χ1n) is 7.75. The number of rotatable bonds is 4. The molecule has 1 aliphatic rings. The zero-order chi connectivity index (χ0) is 16.6. The molecule has 0 heterocycles. The summed E-state index contributed by atoms with van der Waals surface area (Å²) in [6.45, 7) is 1.96. The number of halogens is 2. The van der Waals surface area contributed by atoms with E-state index in [4.69, 9.17) is 11.6 Å². The van der Waals surface area contributed by atoms with Crippen LogP contribution >= 0.6 is 11.6 Å². The third kappa shape index (κ3) is 3.25. The number of carbonyl (C=O) groups excluding carboxylic acids is 1. The molecule has 0 aliphatic heterocycles. The zero-order valence-electron chi connectivity index (χ0n) is 13.2. The van der Waals surface area contributed by atoms with Crippen molar-refractivity contribution in [3.05, 3.63) is 70.5 Å². The topological polar surface area (TPSA) is 20.3 Å². The van der Waals surface area contributed by atoms with Crippen LogP contribution in [0.1, 0.15) is 36.4 Å². The van der Waals surface area contributed by atoms with Crippen molar-refractivity contribution in [2.24, 2.45) is 5.92 Å². The van der Waals surface area contributed by atoms with Crippen LogP contribution in [0.2, 0.25) is 5.02 Å². The van der Waals surface area contributed by atoms with Crippen LogP contribution in [0.15, 0.2) is 48.5 Å². The summed E-state index contributed by atoms with van der Waals surface area (Å²) >= 11 is 6.22. The molecular weight excluding hydrogens is 313 g/mol. The lowest BCUT2D eigenvalue weighted by Crippen LogP contribution is -2.31. The first-order valence-corrected chi connectivity index (χ1v) is 8.13. The Kier molecular flexibility index (Phi) is 4.40. The fourth-order valence-electron chi connectivity index (χ4n) is 3.00. The Morgan fingerprint density at radius 3 is 2.52 bits per heavy atom. The van der Waals surface area contributed by atoms with E-state index >= 15 is 0 Å². The average molecular weight is 332 g/mol. The molecule has 3 rings (SSSR count). The minimum atomic E-state index is -0.268. The highest BCUT2D eigenvalue weighted by Crippen LogP contribution is 2.50. The molecule has 2 aromatic carbocycles. The Morgan fingerprint density at radius 1 is 1.22 bits per heavy atom. The van der Waals surface area contributed by atoms with Crippen molar-refractivity contribution in [3.63, 3.8) is 0 Å². The van der Waals surface area contributed by atoms with Crippen LogP contribution in [-0.2, 0) is 4.79 Å². The molecule has 1 fully saturated rings. The van der Waals surface area contributed by atoms with Crippen LogP contribution in [0.5, 0.6) is 0 Å². The molecule has 2 aromatic rings. The molecule has 1 aliphatic carbocycles. The highest BCUT2D eigenvalue weighted by molar-refractivity contribution is 6.31. The second-order valence-corrected chi connectivity index (χ2v) is 6.55. The van der Waals surface area contributed by atoms with E-state index in [0.717, 1.165) is 22.6 Å². The average Bonchev–Trinajstić information content (AvgIpc) is 3.34. The second kappa shape index (κ2) is 6.32. The van der Waals surface area contributed by atoms with Crippen LogP contribution in [0.3, 0.4) is 0 Å². The fourth-order valence-corrected chi connectivity index (χ4v) is 3.28. The molecular formula is C19H19ClFNO. The number of carbonyl (C=O) groups is 1. The van der Waals surface area contributed by atoms with Gasteiger partial charge in [0.1, 0.15) is 5.82 Å². The number of hydrogen-bond acceptors (Lipinski definition) is 1. The van der Waals surface area contributed by atoms with Crippen molar-refractivity contribution in [3.8, 4) is 0 Å². The molecule has 1 amide bonds. The van der Waals surface area contributed by atoms with Crippen LogP contribution in [0, 0.1) is 11.7 Å². The zero-order valence-corrected chi connectivity index (χ0v) is 13.9. The van der Waals surface area contributed by atoms with Gasteiger partial charge in [0.05, 0.1) is 6.04 Å². The Hall–Kier alpha value is -1.87. The van der Waals surface area contributed by atoms with E-state index in [9.17, 15) is 9.18 Å². The monoisotopic (exact) mass is 331 g/mol. The Labute approximate surface area is 140 Å². The molecule has 4 heteroatoms. The van der Waals surface area contributed by atoms with E-state index in [1.807, 2.05) is 31.2 Å². The van der Waals surface area contributed by atoms with Crippen molar-refractivity contribution in [2.75, 3.05) is 7.05 Å². The first-order chi connectivity index (χ1) is 11.0. The Morgan fingerprint density at radius 2 is 1.87 bits per heavy atom. The molecule has 2 nitrogen and oxygen atoms in total. The summed E-state index contributed by atoms with van der Waals surface area (Å²) in [5.41, 5.74) is 1.98. The van der Waals surface area contributed by atoms with Gasteiger partial charge in [-0.2, -0.15) is 0 Å². The summed E-state index contributed by atoms with van der Waals surface area (Å²) in [7, 11) is 1.80. The van der Waals surface area contributed by atoms with Gasteiger partial charge >= 0.3 is 0 Å². The van der Waals surface area contributed by atoms with Crippen LogP contribution in [-0.4, -0.2) is 17.9 Å². The lowest BCUT2D eigenvalue weighted by Gasteiger charge is -2.25. The molecule has 0 aromatic heterocycles. The van der Waals surface area contributed by atoms with Crippen LogP contribution < -0.4 is 0 Å². The van der Waals surface area contributed by atoms with E-state index in [1.54, 1.807) is 24.1 Å².